The van der Waals surface area contributed by atoms with Gasteiger partial charge in [-0.25, -0.2) is 0 Å². The monoisotopic (exact) mass is 256 g/mol. The molecule has 100 valence electrons. The van der Waals surface area contributed by atoms with E-state index in [-0.39, 0.29) is 5.91 Å². The Morgan fingerprint density at radius 3 is 2.89 bits per heavy atom. The SMILES string of the molecule is Cc1cc(C#CCN)cc(C(=O)NCCC2CC2)c1. The van der Waals surface area contributed by atoms with Gasteiger partial charge in [-0.2, -0.15) is 0 Å². The second kappa shape index (κ2) is 6.40. The molecule has 3 N–H and O–H groups in total. The van der Waals surface area contributed by atoms with Crippen LogP contribution in [0.3, 0.4) is 0 Å². The second-order valence-electron chi connectivity index (χ2n) is 5.08. The fraction of sp³-hybridized carbons (Fsp3) is 0.438. The summed E-state index contributed by atoms with van der Waals surface area (Å²) >= 11 is 0. The molecule has 0 radical (unpaired) electrons. The summed E-state index contributed by atoms with van der Waals surface area (Å²) in [5.41, 5.74) is 7.92. The molecule has 1 amide bonds. The van der Waals surface area contributed by atoms with Crippen LogP contribution in [0, 0.1) is 24.7 Å². The van der Waals surface area contributed by atoms with Crippen LogP contribution < -0.4 is 11.1 Å². The molecule has 0 atom stereocenters. The van der Waals surface area contributed by atoms with Crippen molar-refractivity contribution in [3.8, 4) is 11.8 Å². The van der Waals surface area contributed by atoms with E-state index in [1.54, 1.807) is 0 Å². The van der Waals surface area contributed by atoms with Crippen molar-refractivity contribution in [3.63, 3.8) is 0 Å². The van der Waals surface area contributed by atoms with E-state index >= 15 is 0 Å². The molecule has 1 aliphatic rings. The third-order valence-electron chi connectivity index (χ3n) is 3.21. The van der Waals surface area contributed by atoms with E-state index in [2.05, 4.69) is 17.2 Å². The number of rotatable bonds is 4. The Morgan fingerprint density at radius 1 is 1.42 bits per heavy atom. The van der Waals surface area contributed by atoms with Crippen LogP contribution in [0.4, 0.5) is 0 Å². The predicted octanol–water partition coefficient (Wildman–Crippen LogP) is 1.84. The van der Waals surface area contributed by atoms with Crippen molar-refractivity contribution in [1.29, 1.82) is 0 Å². The molecule has 0 spiro atoms. The van der Waals surface area contributed by atoms with E-state index in [1.165, 1.54) is 12.8 Å². The molecule has 1 aromatic carbocycles. The van der Waals surface area contributed by atoms with Gasteiger partial charge in [0.25, 0.3) is 5.91 Å². The van der Waals surface area contributed by atoms with Crippen LogP contribution in [0.15, 0.2) is 18.2 Å². The van der Waals surface area contributed by atoms with Gasteiger partial charge in [-0.15, -0.1) is 0 Å². The van der Waals surface area contributed by atoms with Crippen molar-refractivity contribution in [2.75, 3.05) is 13.1 Å². The fourth-order valence-corrected chi connectivity index (χ4v) is 2.04. The Labute approximate surface area is 114 Å². The van der Waals surface area contributed by atoms with Crippen LogP contribution in [0.1, 0.15) is 40.7 Å². The maximum Gasteiger partial charge on any atom is 0.251 e. The molecule has 0 bridgehead atoms. The molecule has 0 aliphatic heterocycles. The predicted molar refractivity (Wildman–Crippen MR) is 76.8 cm³/mol. The molecule has 3 heteroatoms. The second-order valence-corrected chi connectivity index (χ2v) is 5.08. The standard InChI is InChI=1S/C16H20N2O/c1-12-9-14(3-2-7-17)11-15(10-12)16(19)18-8-6-13-4-5-13/h9-11,13H,4-8,17H2,1H3,(H,18,19). The summed E-state index contributed by atoms with van der Waals surface area (Å²) in [6, 6.07) is 5.67. The third-order valence-corrected chi connectivity index (χ3v) is 3.21. The largest absolute Gasteiger partial charge is 0.352 e. The van der Waals surface area contributed by atoms with Crippen molar-refractivity contribution in [1.82, 2.24) is 5.32 Å². The lowest BCUT2D eigenvalue weighted by Crippen LogP contribution is -2.24. The summed E-state index contributed by atoms with van der Waals surface area (Å²) in [6.45, 7) is 3.06. The normalized spacial score (nSPS) is 13.6. The molecular weight excluding hydrogens is 236 g/mol. The van der Waals surface area contributed by atoms with Crippen molar-refractivity contribution < 1.29 is 4.79 Å². The smallest absolute Gasteiger partial charge is 0.251 e. The number of benzene rings is 1. The highest BCUT2D eigenvalue weighted by atomic mass is 16.1. The fourth-order valence-electron chi connectivity index (χ4n) is 2.04. The number of carbonyl (C=O) groups excluding carboxylic acids is 1. The topological polar surface area (TPSA) is 55.1 Å². The zero-order valence-electron chi connectivity index (χ0n) is 11.3. The number of hydrogen-bond acceptors (Lipinski definition) is 2. The van der Waals surface area contributed by atoms with Crippen molar-refractivity contribution >= 4 is 5.91 Å². The van der Waals surface area contributed by atoms with E-state index in [1.807, 2.05) is 25.1 Å². The number of aryl methyl sites for hydroxylation is 1. The molecule has 0 aromatic heterocycles. The van der Waals surface area contributed by atoms with E-state index in [9.17, 15) is 4.79 Å². The molecule has 1 fully saturated rings. The first-order chi connectivity index (χ1) is 9.19. The Kier molecular flexibility index (Phi) is 4.59. The molecular formula is C16H20N2O. The molecule has 2 rings (SSSR count). The van der Waals surface area contributed by atoms with Gasteiger partial charge in [-0.05, 0) is 43.0 Å². The van der Waals surface area contributed by atoms with E-state index in [0.29, 0.717) is 12.1 Å². The lowest BCUT2D eigenvalue weighted by atomic mass is 10.1. The van der Waals surface area contributed by atoms with Crippen LogP contribution in [0.5, 0.6) is 0 Å². The Balaban J connectivity index is 2.00. The lowest BCUT2D eigenvalue weighted by Gasteiger charge is -2.06. The van der Waals surface area contributed by atoms with Crippen LogP contribution in [-0.2, 0) is 0 Å². The average Bonchev–Trinajstić information content (AvgIpc) is 3.19. The Bertz CT molecular complexity index is 521. The first-order valence-electron chi connectivity index (χ1n) is 6.78. The first-order valence-corrected chi connectivity index (χ1v) is 6.78. The van der Waals surface area contributed by atoms with E-state index in [4.69, 9.17) is 5.73 Å². The third kappa shape index (κ3) is 4.42. The minimum Gasteiger partial charge on any atom is -0.352 e. The molecule has 1 aliphatic carbocycles. The number of nitrogens with one attached hydrogen (secondary N) is 1. The van der Waals surface area contributed by atoms with Crippen molar-refractivity contribution in [3.05, 3.63) is 34.9 Å². The Hall–Kier alpha value is -1.79. The number of nitrogens with two attached hydrogens (primary N) is 1. The van der Waals surface area contributed by atoms with Gasteiger partial charge in [0.2, 0.25) is 0 Å². The summed E-state index contributed by atoms with van der Waals surface area (Å²) in [4.78, 5) is 12.0. The van der Waals surface area contributed by atoms with E-state index in [0.717, 1.165) is 30.0 Å². The minimum atomic E-state index is -0.0138. The lowest BCUT2D eigenvalue weighted by molar-refractivity contribution is 0.0952. The maximum absolute atomic E-state index is 12.0. The molecule has 3 nitrogen and oxygen atoms in total. The summed E-state index contributed by atoms with van der Waals surface area (Å²) in [5.74, 6) is 6.60. The van der Waals surface area contributed by atoms with Gasteiger partial charge in [0.1, 0.15) is 0 Å². The molecule has 19 heavy (non-hydrogen) atoms. The van der Waals surface area contributed by atoms with Gasteiger partial charge < -0.3 is 11.1 Å². The van der Waals surface area contributed by atoms with Gasteiger partial charge in [-0.3, -0.25) is 4.79 Å². The molecule has 0 saturated heterocycles. The van der Waals surface area contributed by atoms with Gasteiger partial charge in [0.15, 0.2) is 0 Å². The summed E-state index contributed by atoms with van der Waals surface area (Å²) in [5, 5.41) is 2.97. The zero-order chi connectivity index (χ0) is 13.7. The summed E-state index contributed by atoms with van der Waals surface area (Å²) in [6.07, 6.45) is 3.73. The quantitative estimate of drug-likeness (QED) is 0.808. The number of amides is 1. The van der Waals surface area contributed by atoms with Crippen LogP contribution in [-0.4, -0.2) is 19.0 Å². The molecule has 0 heterocycles. The minimum absolute atomic E-state index is 0.0138. The van der Waals surface area contributed by atoms with Gasteiger partial charge in [0, 0.05) is 17.7 Å². The van der Waals surface area contributed by atoms with Gasteiger partial charge in [0.05, 0.1) is 6.54 Å². The zero-order valence-corrected chi connectivity index (χ0v) is 11.3. The molecule has 1 saturated carbocycles. The number of hydrogen-bond donors (Lipinski definition) is 2. The van der Waals surface area contributed by atoms with Crippen LogP contribution >= 0.6 is 0 Å². The number of carbonyl (C=O) groups is 1. The van der Waals surface area contributed by atoms with Gasteiger partial charge >= 0.3 is 0 Å². The highest BCUT2D eigenvalue weighted by Gasteiger charge is 2.20. The summed E-state index contributed by atoms with van der Waals surface area (Å²) in [7, 11) is 0. The Morgan fingerprint density at radius 2 is 2.21 bits per heavy atom. The highest BCUT2D eigenvalue weighted by molar-refractivity contribution is 5.94. The van der Waals surface area contributed by atoms with Crippen LogP contribution in [0.25, 0.3) is 0 Å². The van der Waals surface area contributed by atoms with Crippen molar-refractivity contribution in [2.24, 2.45) is 11.7 Å². The molecule has 0 unspecified atom stereocenters. The summed E-state index contributed by atoms with van der Waals surface area (Å²) < 4.78 is 0. The highest BCUT2D eigenvalue weighted by Crippen LogP contribution is 2.31. The van der Waals surface area contributed by atoms with Crippen LogP contribution in [0.2, 0.25) is 0 Å². The van der Waals surface area contributed by atoms with E-state index < -0.39 is 0 Å². The van der Waals surface area contributed by atoms with Crippen molar-refractivity contribution in [2.45, 2.75) is 26.2 Å². The maximum atomic E-state index is 12.0. The average molecular weight is 256 g/mol. The van der Waals surface area contributed by atoms with Gasteiger partial charge in [-0.1, -0.05) is 24.7 Å². The first kappa shape index (κ1) is 13.6. The molecule has 1 aromatic rings.